The van der Waals surface area contributed by atoms with Crippen molar-refractivity contribution in [1.29, 1.82) is 0 Å². The van der Waals surface area contributed by atoms with E-state index in [0.717, 1.165) is 24.5 Å². The molecular formula is C25H21F5. The van der Waals surface area contributed by atoms with Crippen molar-refractivity contribution in [3.05, 3.63) is 94.8 Å². The van der Waals surface area contributed by atoms with Crippen LogP contribution in [-0.4, -0.2) is 0 Å². The van der Waals surface area contributed by atoms with Crippen LogP contribution in [0.15, 0.2) is 55.1 Å². The lowest BCUT2D eigenvalue weighted by Gasteiger charge is -2.11. The molecule has 30 heavy (non-hydrogen) atoms. The molecule has 3 aromatic carbocycles. The standard InChI is InChI=1S/C25H21F5/c1-3-5-7-18-14-17-12-13-19(23(28)20(17)25(30)22(18)27)24(29)21(26)16-10-8-15(6-4-2)9-11-16/h3,8-14H,1,4-7H2,2H3. The van der Waals surface area contributed by atoms with Crippen molar-refractivity contribution in [3.63, 3.8) is 0 Å². The van der Waals surface area contributed by atoms with Gasteiger partial charge in [-0.3, -0.25) is 0 Å². The number of fused-ring (bicyclic) bond motifs is 1. The predicted molar refractivity (Wildman–Crippen MR) is 112 cm³/mol. The molecule has 0 saturated carbocycles. The van der Waals surface area contributed by atoms with Crippen molar-refractivity contribution in [2.45, 2.75) is 32.6 Å². The molecule has 0 fully saturated rings. The molecule has 0 heterocycles. The largest absolute Gasteiger partial charge is 0.205 e. The van der Waals surface area contributed by atoms with Crippen molar-refractivity contribution < 1.29 is 22.0 Å². The van der Waals surface area contributed by atoms with E-state index in [1.807, 2.05) is 6.92 Å². The summed E-state index contributed by atoms with van der Waals surface area (Å²) in [6.45, 7) is 5.53. The summed E-state index contributed by atoms with van der Waals surface area (Å²) in [5, 5.41) is -0.625. The highest BCUT2D eigenvalue weighted by atomic mass is 19.2. The van der Waals surface area contributed by atoms with Gasteiger partial charge in [-0.25, -0.2) is 22.0 Å². The fourth-order valence-corrected chi connectivity index (χ4v) is 3.40. The van der Waals surface area contributed by atoms with Crippen LogP contribution in [0.4, 0.5) is 22.0 Å². The van der Waals surface area contributed by atoms with Crippen molar-refractivity contribution in [1.82, 2.24) is 0 Å². The monoisotopic (exact) mass is 416 g/mol. The van der Waals surface area contributed by atoms with Crippen molar-refractivity contribution in [2.75, 3.05) is 0 Å². The topological polar surface area (TPSA) is 0 Å². The molecule has 0 aliphatic heterocycles. The summed E-state index contributed by atoms with van der Waals surface area (Å²) < 4.78 is 73.2. The molecule has 0 amide bonds. The molecule has 3 aromatic rings. The van der Waals surface area contributed by atoms with Crippen molar-refractivity contribution >= 4 is 22.4 Å². The molecule has 0 aromatic heterocycles. The van der Waals surface area contributed by atoms with Gasteiger partial charge in [0.05, 0.1) is 5.39 Å². The van der Waals surface area contributed by atoms with Crippen LogP contribution < -0.4 is 0 Å². The minimum atomic E-state index is -1.46. The zero-order valence-corrected chi connectivity index (χ0v) is 16.5. The number of benzene rings is 3. The molecular weight excluding hydrogens is 395 g/mol. The second-order valence-electron chi connectivity index (χ2n) is 7.09. The van der Waals surface area contributed by atoms with E-state index in [0.29, 0.717) is 6.42 Å². The van der Waals surface area contributed by atoms with Crippen molar-refractivity contribution in [2.24, 2.45) is 0 Å². The number of hydrogen-bond acceptors (Lipinski definition) is 0. The maximum atomic E-state index is 14.9. The summed E-state index contributed by atoms with van der Waals surface area (Å²) in [7, 11) is 0. The quantitative estimate of drug-likeness (QED) is 0.207. The Hall–Kier alpha value is -2.95. The molecule has 0 bridgehead atoms. The summed E-state index contributed by atoms with van der Waals surface area (Å²) in [5.74, 6) is -6.68. The van der Waals surface area contributed by atoms with Gasteiger partial charge in [-0.1, -0.05) is 49.8 Å². The fraction of sp³-hybridized carbons (Fsp3) is 0.200. The second kappa shape index (κ2) is 9.24. The first-order chi connectivity index (χ1) is 14.4. The van der Waals surface area contributed by atoms with Crippen LogP contribution in [-0.2, 0) is 12.8 Å². The number of halogens is 5. The Morgan fingerprint density at radius 3 is 2.20 bits per heavy atom. The summed E-state index contributed by atoms with van der Waals surface area (Å²) in [5.41, 5.74) is 0.227. The molecule has 5 heteroatoms. The lowest BCUT2D eigenvalue weighted by molar-refractivity contribution is 0.502. The Labute approximate surface area is 172 Å². The molecule has 0 saturated heterocycles. The van der Waals surface area contributed by atoms with E-state index >= 15 is 0 Å². The van der Waals surface area contributed by atoms with E-state index in [-0.39, 0.29) is 22.9 Å². The van der Waals surface area contributed by atoms with Gasteiger partial charge in [0.1, 0.15) is 5.82 Å². The lowest BCUT2D eigenvalue weighted by Crippen LogP contribution is -2.00. The third-order valence-electron chi connectivity index (χ3n) is 4.99. The van der Waals surface area contributed by atoms with Crippen molar-refractivity contribution in [3.8, 4) is 0 Å². The Bertz CT molecular complexity index is 1110. The van der Waals surface area contributed by atoms with Crippen LogP contribution in [0.2, 0.25) is 0 Å². The fourth-order valence-electron chi connectivity index (χ4n) is 3.40. The molecule has 0 atom stereocenters. The number of rotatable bonds is 7. The van der Waals surface area contributed by atoms with Crippen LogP contribution in [0.5, 0.6) is 0 Å². The van der Waals surface area contributed by atoms with Gasteiger partial charge in [-0.2, -0.15) is 0 Å². The molecule has 0 N–H and O–H groups in total. The predicted octanol–water partition coefficient (Wildman–Crippen LogP) is 8.09. The minimum absolute atomic E-state index is 0.0572. The molecule has 156 valence electrons. The highest BCUT2D eigenvalue weighted by molar-refractivity contribution is 5.91. The van der Waals surface area contributed by atoms with Crippen LogP contribution in [0.3, 0.4) is 0 Å². The van der Waals surface area contributed by atoms with Gasteiger partial charge >= 0.3 is 0 Å². The van der Waals surface area contributed by atoms with E-state index < -0.39 is 40.1 Å². The summed E-state index contributed by atoms with van der Waals surface area (Å²) in [4.78, 5) is 0. The number of aryl methyl sites for hydroxylation is 2. The van der Waals surface area contributed by atoms with E-state index in [4.69, 9.17) is 0 Å². The highest BCUT2D eigenvalue weighted by Gasteiger charge is 2.22. The Morgan fingerprint density at radius 2 is 1.57 bits per heavy atom. The zero-order valence-electron chi connectivity index (χ0n) is 16.5. The minimum Gasteiger partial charge on any atom is -0.205 e. The van der Waals surface area contributed by atoms with E-state index in [1.165, 1.54) is 24.3 Å². The Morgan fingerprint density at radius 1 is 0.867 bits per heavy atom. The van der Waals surface area contributed by atoms with Gasteiger partial charge in [0.15, 0.2) is 23.3 Å². The first kappa shape index (κ1) is 21.8. The normalized spacial score (nSPS) is 12.2. The van der Waals surface area contributed by atoms with Gasteiger partial charge in [0.25, 0.3) is 0 Å². The van der Waals surface area contributed by atoms with Gasteiger partial charge in [0.2, 0.25) is 0 Å². The zero-order chi connectivity index (χ0) is 21.8. The van der Waals surface area contributed by atoms with E-state index in [2.05, 4.69) is 6.58 Å². The van der Waals surface area contributed by atoms with Crippen LogP contribution >= 0.6 is 0 Å². The molecule has 0 aliphatic carbocycles. The third-order valence-corrected chi connectivity index (χ3v) is 4.99. The van der Waals surface area contributed by atoms with Gasteiger partial charge < -0.3 is 0 Å². The second-order valence-corrected chi connectivity index (χ2v) is 7.09. The van der Waals surface area contributed by atoms with E-state index in [9.17, 15) is 22.0 Å². The molecule has 0 nitrogen and oxygen atoms in total. The Balaban J connectivity index is 2.09. The summed E-state index contributed by atoms with van der Waals surface area (Å²) >= 11 is 0. The van der Waals surface area contributed by atoms with Gasteiger partial charge in [0, 0.05) is 11.1 Å². The lowest BCUT2D eigenvalue weighted by atomic mass is 9.98. The molecule has 3 rings (SSSR count). The Kier molecular flexibility index (Phi) is 6.70. The molecule has 0 aliphatic rings. The summed E-state index contributed by atoms with van der Waals surface area (Å²) in [6, 6.07) is 9.76. The smallest absolute Gasteiger partial charge is 0.169 e. The third kappa shape index (κ3) is 4.16. The van der Waals surface area contributed by atoms with E-state index in [1.54, 1.807) is 18.2 Å². The van der Waals surface area contributed by atoms with Gasteiger partial charge in [-0.05, 0) is 47.9 Å². The van der Waals surface area contributed by atoms with Gasteiger partial charge in [-0.15, -0.1) is 6.58 Å². The SMILES string of the molecule is C=CCCc1cc2ccc(C(F)=C(F)c3ccc(CCC)cc3)c(F)c2c(F)c1F. The average molecular weight is 416 g/mol. The molecule has 0 radical (unpaired) electrons. The van der Waals surface area contributed by atoms with Crippen LogP contribution in [0, 0.1) is 17.5 Å². The van der Waals surface area contributed by atoms with Crippen LogP contribution in [0.25, 0.3) is 22.4 Å². The molecule has 0 unspecified atom stereocenters. The summed E-state index contributed by atoms with van der Waals surface area (Å²) in [6.07, 6.45) is 3.88. The number of allylic oxidation sites excluding steroid dienone is 1. The first-order valence-corrected chi connectivity index (χ1v) is 9.74. The van der Waals surface area contributed by atoms with Crippen LogP contribution in [0.1, 0.15) is 42.0 Å². The first-order valence-electron chi connectivity index (χ1n) is 9.74. The number of hydrogen-bond donors (Lipinski definition) is 0. The maximum Gasteiger partial charge on any atom is 0.169 e. The maximum absolute atomic E-state index is 14.9. The molecule has 0 spiro atoms. The average Bonchev–Trinajstić information content (AvgIpc) is 2.75. The highest BCUT2D eigenvalue weighted by Crippen LogP contribution is 2.35.